The van der Waals surface area contributed by atoms with Crippen molar-refractivity contribution in [3.63, 3.8) is 0 Å². The van der Waals surface area contributed by atoms with Gasteiger partial charge >= 0.3 is 0 Å². The van der Waals surface area contributed by atoms with Gasteiger partial charge in [-0.2, -0.15) is 0 Å². The molecule has 0 radical (unpaired) electrons. The Morgan fingerprint density at radius 2 is 1.72 bits per heavy atom. The number of primary sulfonamides is 1. The number of amides is 1. The van der Waals surface area contributed by atoms with E-state index in [1.807, 2.05) is 18.2 Å². The van der Waals surface area contributed by atoms with Gasteiger partial charge in [-0.3, -0.25) is 9.59 Å². The number of nitrogens with two attached hydrogens (primary N) is 1. The van der Waals surface area contributed by atoms with E-state index in [2.05, 4.69) is 0 Å². The summed E-state index contributed by atoms with van der Waals surface area (Å²) >= 11 is 0.937. The highest BCUT2D eigenvalue weighted by molar-refractivity contribution is 7.91. The number of thiophene rings is 1. The molecule has 1 fully saturated rings. The van der Waals surface area contributed by atoms with Gasteiger partial charge in [-0.25, -0.2) is 13.6 Å². The Kier molecular flexibility index (Phi) is 5.03. The molecule has 2 N–H and O–H groups in total. The average molecular weight is 378 g/mol. The summed E-state index contributed by atoms with van der Waals surface area (Å²) < 4.78 is 22.6. The van der Waals surface area contributed by atoms with E-state index in [9.17, 15) is 18.0 Å². The van der Waals surface area contributed by atoms with Crippen LogP contribution in [-0.4, -0.2) is 38.1 Å². The monoisotopic (exact) mass is 378 g/mol. The molecule has 1 aliphatic heterocycles. The second-order valence-electron chi connectivity index (χ2n) is 6.00. The van der Waals surface area contributed by atoms with Crippen LogP contribution in [0, 0.1) is 5.92 Å². The number of hydrogen-bond donors (Lipinski definition) is 1. The van der Waals surface area contributed by atoms with E-state index >= 15 is 0 Å². The van der Waals surface area contributed by atoms with E-state index in [0.29, 0.717) is 37.1 Å². The van der Waals surface area contributed by atoms with Crippen LogP contribution in [-0.2, 0) is 10.0 Å². The van der Waals surface area contributed by atoms with E-state index in [1.54, 1.807) is 17.0 Å². The van der Waals surface area contributed by atoms with Gasteiger partial charge in [0.15, 0.2) is 5.78 Å². The van der Waals surface area contributed by atoms with Crippen LogP contribution in [0.2, 0.25) is 0 Å². The first-order valence-corrected chi connectivity index (χ1v) is 10.3. The van der Waals surface area contributed by atoms with Gasteiger partial charge in [0.2, 0.25) is 10.0 Å². The van der Waals surface area contributed by atoms with E-state index in [0.717, 1.165) is 11.3 Å². The fourth-order valence-electron chi connectivity index (χ4n) is 2.94. The van der Waals surface area contributed by atoms with Crippen LogP contribution in [0.1, 0.15) is 33.6 Å². The number of ketones is 1. The second-order valence-corrected chi connectivity index (χ2v) is 8.70. The smallest absolute Gasteiger partial charge is 0.254 e. The van der Waals surface area contributed by atoms with Gasteiger partial charge in [0.05, 0.1) is 5.56 Å². The quantitative estimate of drug-likeness (QED) is 0.824. The van der Waals surface area contributed by atoms with E-state index in [1.165, 1.54) is 11.4 Å². The second kappa shape index (κ2) is 7.07. The Morgan fingerprint density at radius 1 is 1.08 bits per heavy atom. The maximum Gasteiger partial charge on any atom is 0.254 e. The van der Waals surface area contributed by atoms with Crippen molar-refractivity contribution in [2.75, 3.05) is 13.1 Å². The summed E-state index contributed by atoms with van der Waals surface area (Å²) in [5, 5.41) is 6.58. The average Bonchev–Trinajstić information content (AvgIpc) is 3.12. The van der Waals surface area contributed by atoms with E-state index in [4.69, 9.17) is 5.14 Å². The first-order chi connectivity index (χ1) is 11.9. The predicted octanol–water partition coefficient (Wildman–Crippen LogP) is 2.13. The molecule has 2 heterocycles. The number of rotatable bonds is 4. The van der Waals surface area contributed by atoms with Crippen molar-refractivity contribution < 1.29 is 18.0 Å². The lowest BCUT2D eigenvalue weighted by atomic mass is 9.89. The van der Waals surface area contributed by atoms with Gasteiger partial charge in [-0.15, -0.1) is 11.3 Å². The molecule has 1 saturated heterocycles. The summed E-state index contributed by atoms with van der Waals surface area (Å²) in [6.07, 6.45) is 1.21. The Hall–Kier alpha value is -2.03. The van der Waals surface area contributed by atoms with Gasteiger partial charge < -0.3 is 4.90 Å². The highest BCUT2D eigenvalue weighted by Crippen LogP contribution is 2.25. The van der Waals surface area contributed by atoms with Crippen molar-refractivity contribution >= 4 is 33.1 Å². The zero-order valence-electron chi connectivity index (χ0n) is 13.4. The number of nitrogens with zero attached hydrogens (tertiary/aromatic N) is 1. The molecule has 0 unspecified atom stereocenters. The fraction of sp³-hybridized carbons (Fsp3) is 0.294. The molecule has 1 amide bonds. The van der Waals surface area contributed by atoms with Crippen LogP contribution in [0.5, 0.6) is 0 Å². The Labute approximate surface area is 150 Å². The number of carbonyl (C=O) groups is 2. The van der Waals surface area contributed by atoms with Gasteiger partial charge in [-0.1, -0.05) is 30.3 Å². The molecule has 8 heteroatoms. The number of hydrogen-bond acceptors (Lipinski definition) is 5. The minimum absolute atomic E-state index is 0.0232. The highest BCUT2D eigenvalue weighted by Gasteiger charge is 2.29. The maximum absolute atomic E-state index is 12.5. The topological polar surface area (TPSA) is 97.5 Å². The zero-order valence-corrected chi connectivity index (χ0v) is 15.1. The fourth-order valence-corrected chi connectivity index (χ4v) is 4.52. The van der Waals surface area contributed by atoms with E-state index in [-0.39, 0.29) is 21.8 Å². The summed E-state index contributed by atoms with van der Waals surface area (Å²) in [5.41, 5.74) is 1.02. The molecule has 1 aromatic carbocycles. The standard InChI is InChI=1S/C17H18N2O4S2/c18-25(22,23)15-10-14(11-24-15)17(21)19-8-6-13(7-9-19)16(20)12-4-2-1-3-5-12/h1-5,10-11,13H,6-9H2,(H2,18,22,23). The zero-order chi connectivity index (χ0) is 18.0. The Bertz CT molecular complexity index is 882. The highest BCUT2D eigenvalue weighted by atomic mass is 32.2. The molecular formula is C17H18N2O4S2. The van der Waals surface area contributed by atoms with Crippen LogP contribution in [0.3, 0.4) is 0 Å². The number of sulfonamides is 1. The van der Waals surface area contributed by atoms with Crippen molar-refractivity contribution in [2.45, 2.75) is 17.1 Å². The minimum Gasteiger partial charge on any atom is -0.339 e. The van der Waals surface area contributed by atoms with Crippen LogP contribution in [0.15, 0.2) is 46.0 Å². The van der Waals surface area contributed by atoms with Crippen molar-refractivity contribution in [1.82, 2.24) is 4.90 Å². The maximum atomic E-state index is 12.5. The molecule has 0 saturated carbocycles. The molecular weight excluding hydrogens is 360 g/mol. The van der Waals surface area contributed by atoms with Crippen molar-refractivity contribution in [3.8, 4) is 0 Å². The molecule has 1 aliphatic rings. The number of carbonyl (C=O) groups excluding carboxylic acids is 2. The third kappa shape index (κ3) is 3.97. The Balaban J connectivity index is 1.63. The number of benzene rings is 1. The Morgan fingerprint density at radius 3 is 2.28 bits per heavy atom. The van der Waals surface area contributed by atoms with Gasteiger partial charge in [0, 0.05) is 30.0 Å². The molecule has 1 aromatic heterocycles. The summed E-state index contributed by atoms with van der Waals surface area (Å²) in [7, 11) is -3.79. The molecule has 2 aromatic rings. The largest absolute Gasteiger partial charge is 0.339 e. The lowest BCUT2D eigenvalue weighted by Gasteiger charge is -2.31. The molecule has 132 valence electrons. The summed E-state index contributed by atoms with van der Waals surface area (Å²) in [4.78, 5) is 26.6. The molecule has 3 rings (SSSR count). The summed E-state index contributed by atoms with van der Waals surface area (Å²) in [6.45, 7) is 0.950. The minimum atomic E-state index is -3.79. The number of likely N-dealkylation sites (tertiary alicyclic amines) is 1. The number of Topliss-reactive ketones (excluding diaryl/α,β-unsaturated/α-hetero) is 1. The first-order valence-electron chi connectivity index (χ1n) is 7.86. The van der Waals surface area contributed by atoms with Crippen molar-refractivity contribution in [3.05, 3.63) is 52.9 Å². The summed E-state index contributed by atoms with van der Waals surface area (Å²) in [5.74, 6) is -0.203. The lowest BCUT2D eigenvalue weighted by Crippen LogP contribution is -2.40. The SMILES string of the molecule is NS(=O)(=O)c1cc(C(=O)N2CCC(C(=O)c3ccccc3)CC2)cs1. The number of piperidine rings is 1. The first kappa shape index (κ1) is 17.8. The predicted molar refractivity (Wildman–Crippen MR) is 95.1 cm³/mol. The normalized spacial score (nSPS) is 16.0. The van der Waals surface area contributed by atoms with Crippen LogP contribution < -0.4 is 5.14 Å². The van der Waals surface area contributed by atoms with Gasteiger partial charge in [0.1, 0.15) is 4.21 Å². The molecule has 0 aliphatic carbocycles. The molecule has 0 atom stereocenters. The third-order valence-electron chi connectivity index (χ3n) is 4.31. The van der Waals surface area contributed by atoms with Crippen LogP contribution in [0.4, 0.5) is 0 Å². The third-order valence-corrected chi connectivity index (χ3v) is 6.70. The van der Waals surface area contributed by atoms with E-state index < -0.39 is 10.0 Å². The van der Waals surface area contributed by atoms with Crippen molar-refractivity contribution in [2.24, 2.45) is 11.1 Å². The molecule has 6 nitrogen and oxygen atoms in total. The van der Waals surface area contributed by atoms with Crippen molar-refractivity contribution in [1.29, 1.82) is 0 Å². The lowest BCUT2D eigenvalue weighted by molar-refractivity contribution is 0.0650. The van der Waals surface area contributed by atoms with Gasteiger partial charge in [0.25, 0.3) is 5.91 Å². The molecule has 0 bridgehead atoms. The van der Waals surface area contributed by atoms with Gasteiger partial charge in [-0.05, 0) is 18.9 Å². The van der Waals surface area contributed by atoms with Crippen LogP contribution >= 0.6 is 11.3 Å². The summed E-state index contributed by atoms with van der Waals surface area (Å²) in [6, 6.07) is 10.5. The van der Waals surface area contributed by atoms with Crippen LogP contribution in [0.25, 0.3) is 0 Å². The molecule has 25 heavy (non-hydrogen) atoms. The molecule has 0 spiro atoms.